The average Bonchev–Trinajstić information content (AvgIpc) is 2.93. The van der Waals surface area contributed by atoms with Gasteiger partial charge >= 0.3 is 0 Å². The molecule has 1 N–H and O–H groups in total. The molecular formula is C11H10N4O3S3. The lowest BCUT2D eigenvalue weighted by molar-refractivity contribution is -0.383. The van der Waals surface area contributed by atoms with E-state index in [1.54, 1.807) is 12.1 Å². The Morgan fingerprint density at radius 3 is 2.90 bits per heavy atom. The van der Waals surface area contributed by atoms with Crippen LogP contribution in [0.4, 0.5) is 11.4 Å². The van der Waals surface area contributed by atoms with Crippen LogP contribution in [-0.2, 0) is 4.79 Å². The molecule has 0 spiro atoms. The minimum atomic E-state index is -0.530. The first kappa shape index (κ1) is 15.7. The first-order valence-corrected chi connectivity index (χ1v) is 8.62. The molecule has 1 aromatic carbocycles. The van der Waals surface area contributed by atoms with Crippen molar-refractivity contribution in [2.24, 2.45) is 0 Å². The molecule has 1 amide bonds. The molecule has 7 nitrogen and oxygen atoms in total. The maximum absolute atomic E-state index is 11.8. The van der Waals surface area contributed by atoms with Crippen LogP contribution in [0.5, 0.6) is 0 Å². The number of thioether (sulfide) groups is 2. The first-order chi connectivity index (χ1) is 10.1. The van der Waals surface area contributed by atoms with E-state index in [9.17, 15) is 14.9 Å². The van der Waals surface area contributed by atoms with Crippen LogP contribution in [0.1, 0.15) is 0 Å². The maximum Gasteiger partial charge on any atom is 0.292 e. The summed E-state index contributed by atoms with van der Waals surface area (Å²) in [6, 6.07) is 6.02. The summed E-state index contributed by atoms with van der Waals surface area (Å²) in [6.45, 7) is 0. The zero-order valence-corrected chi connectivity index (χ0v) is 13.3. The van der Waals surface area contributed by atoms with Gasteiger partial charge in [0, 0.05) is 6.07 Å². The molecule has 1 heterocycles. The molecule has 0 radical (unpaired) electrons. The van der Waals surface area contributed by atoms with Gasteiger partial charge in [-0.05, 0) is 23.9 Å². The predicted molar refractivity (Wildman–Crippen MR) is 84.1 cm³/mol. The maximum atomic E-state index is 11.8. The van der Waals surface area contributed by atoms with E-state index in [1.165, 1.54) is 47.2 Å². The molecule has 1 aromatic heterocycles. The lowest BCUT2D eigenvalue weighted by Gasteiger charge is -2.04. The lowest BCUT2D eigenvalue weighted by Crippen LogP contribution is -2.15. The quantitative estimate of drug-likeness (QED) is 0.489. The Balaban J connectivity index is 1.94. The number of carbonyl (C=O) groups is 1. The summed E-state index contributed by atoms with van der Waals surface area (Å²) >= 11 is 3.90. The van der Waals surface area contributed by atoms with Crippen molar-refractivity contribution in [1.82, 2.24) is 9.36 Å². The fourth-order valence-electron chi connectivity index (χ4n) is 1.39. The van der Waals surface area contributed by atoms with Crippen LogP contribution >= 0.6 is 35.1 Å². The minimum absolute atomic E-state index is 0.120. The number of hydrogen-bond donors (Lipinski definition) is 1. The van der Waals surface area contributed by atoms with Crippen molar-refractivity contribution in [3.8, 4) is 0 Å². The third-order valence-electron chi connectivity index (χ3n) is 2.27. The van der Waals surface area contributed by atoms with Crippen LogP contribution in [0.3, 0.4) is 0 Å². The van der Waals surface area contributed by atoms with Gasteiger partial charge in [-0.3, -0.25) is 14.9 Å². The average molecular weight is 342 g/mol. The number of nitro benzene ring substituents is 1. The molecule has 0 saturated carbocycles. The SMILES string of the molecule is CSc1nsc(SCC(=O)Nc2ccccc2[N+](=O)[O-])n1. The summed E-state index contributed by atoms with van der Waals surface area (Å²) < 4.78 is 4.78. The van der Waals surface area contributed by atoms with Gasteiger partial charge in [-0.2, -0.15) is 4.37 Å². The van der Waals surface area contributed by atoms with Crippen LogP contribution in [0.15, 0.2) is 33.8 Å². The second kappa shape index (κ2) is 7.38. The normalized spacial score (nSPS) is 10.3. The molecule has 110 valence electrons. The summed E-state index contributed by atoms with van der Waals surface area (Å²) in [5, 5.41) is 14.0. The molecule has 0 aliphatic rings. The highest BCUT2D eigenvalue weighted by molar-refractivity contribution is 8.01. The number of nitrogens with zero attached hydrogens (tertiary/aromatic N) is 3. The van der Waals surface area contributed by atoms with E-state index >= 15 is 0 Å². The second-order valence-corrected chi connectivity index (χ2v) is 6.41. The van der Waals surface area contributed by atoms with Crippen LogP contribution in [0, 0.1) is 10.1 Å². The Bertz CT molecular complexity index is 662. The van der Waals surface area contributed by atoms with Gasteiger partial charge in [-0.1, -0.05) is 35.7 Å². The Labute approximate surface area is 132 Å². The highest BCUT2D eigenvalue weighted by Crippen LogP contribution is 2.25. The topological polar surface area (TPSA) is 98.0 Å². The van der Waals surface area contributed by atoms with Crippen molar-refractivity contribution in [3.05, 3.63) is 34.4 Å². The van der Waals surface area contributed by atoms with Crippen molar-refractivity contribution in [2.75, 3.05) is 17.3 Å². The third kappa shape index (κ3) is 4.41. The minimum Gasteiger partial charge on any atom is -0.320 e. The van der Waals surface area contributed by atoms with E-state index in [-0.39, 0.29) is 23.0 Å². The molecule has 10 heteroatoms. The van der Waals surface area contributed by atoms with Gasteiger partial charge in [0.15, 0.2) is 4.34 Å². The fraction of sp³-hybridized carbons (Fsp3) is 0.182. The fourth-order valence-corrected chi connectivity index (χ4v) is 3.40. The number of nitro groups is 1. The van der Waals surface area contributed by atoms with E-state index < -0.39 is 4.92 Å². The Morgan fingerprint density at radius 1 is 1.48 bits per heavy atom. The van der Waals surface area contributed by atoms with Gasteiger partial charge in [0.05, 0.1) is 10.7 Å². The summed E-state index contributed by atoms with van der Waals surface area (Å²) in [7, 11) is 0. The first-order valence-electron chi connectivity index (χ1n) is 5.64. The summed E-state index contributed by atoms with van der Waals surface area (Å²) in [5.41, 5.74) is 0.0617. The number of carbonyl (C=O) groups excluding carboxylic acids is 1. The molecule has 0 unspecified atom stereocenters. The van der Waals surface area contributed by atoms with E-state index in [0.29, 0.717) is 9.50 Å². The van der Waals surface area contributed by atoms with E-state index in [0.717, 1.165) is 0 Å². The highest BCUT2D eigenvalue weighted by atomic mass is 32.2. The molecule has 0 saturated heterocycles. The molecule has 2 rings (SSSR count). The van der Waals surface area contributed by atoms with Crippen LogP contribution in [-0.4, -0.2) is 32.2 Å². The van der Waals surface area contributed by atoms with Crippen molar-refractivity contribution >= 4 is 52.3 Å². The number of aromatic nitrogens is 2. The van der Waals surface area contributed by atoms with Gasteiger partial charge in [-0.25, -0.2) is 4.98 Å². The van der Waals surface area contributed by atoms with E-state index in [4.69, 9.17) is 0 Å². The molecule has 0 fully saturated rings. The van der Waals surface area contributed by atoms with Crippen LogP contribution in [0.2, 0.25) is 0 Å². The van der Waals surface area contributed by atoms with Crippen molar-refractivity contribution in [3.63, 3.8) is 0 Å². The number of hydrogen-bond acceptors (Lipinski definition) is 8. The lowest BCUT2D eigenvalue weighted by atomic mass is 10.2. The number of amides is 1. The summed E-state index contributed by atoms with van der Waals surface area (Å²) in [5.74, 6) is -0.204. The summed E-state index contributed by atoms with van der Waals surface area (Å²) in [6.07, 6.45) is 1.87. The van der Waals surface area contributed by atoms with Gasteiger partial charge in [-0.15, -0.1) is 0 Å². The van der Waals surface area contributed by atoms with Gasteiger partial charge in [0.1, 0.15) is 5.69 Å². The van der Waals surface area contributed by atoms with Gasteiger partial charge in [0.2, 0.25) is 11.1 Å². The predicted octanol–water partition coefficient (Wildman–Crippen LogP) is 2.90. The van der Waals surface area contributed by atoms with Crippen molar-refractivity contribution in [1.29, 1.82) is 0 Å². The van der Waals surface area contributed by atoms with Crippen molar-refractivity contribution < 1.29 is 9.72 Å². The van der Waals surface area contributed by atoms with Crippen LogP contribution < -0.4 is 5.32 Å². The molecular weight excluding hydrogens is 332 g/mol. The van der Waals surface area contributed by atoms with Gasteiger partial charge < -0.3 is 5.32 Å². The monoisotopic (exact) mass is 342 g/mol. The van der Waals surface area contributed by atoms with Crippen LogP contribution in [0.25, 0.3) is 0 Å². The van der Waals surface area contributed by atoms with E-state index in [2.05, 4.69) is 14.7 Å². The number of benzene rings is 1. The van der Waals surface area contributed by atoms with E-state index in [1.807, 2.05) is 6.26 Å². The zero-order chi connectivity index (χ0) is 15.2. The Kier molecular flexibility index (Phi) is 5.53. The molecule has 0 aliphatic carbocycles. The molecule has 2 aromatic rings. The van der Waals surface area contributed by atoms with Crippen molar-refractivity contribution in [2.45, 2.75) is 9.50 Å². The number of rotatable bonds is 6. The van der Waals surface area contributed by atoms with Gasteiger partial charge in [0.25, 0.3) is 5.69 Å². The Hall–Kier alpha value is -1.65. The number of nitrogens with one attached hydrogen (secondary N) is 1. The molecule has 21 heavy (non-hydrogen) atoms. The zero-order valence-electron chi connectivity index (χ0n) is 10.8. The molecule has 0 aliphatic heterocycles. The standard InChI is InChI=1S/C11H10N4O3S3/c1-19-10-13-11(21-14-10)20-6-9(16)12-7-4-2-3-5-8(7)15(17)18/h2-5H,6H2,1H3,(H,12,16). The molecule has 0 atom stereocenters. The Morgan fingerprint density at radius 2 is 2.24 bits per heavy atom. The largest absolute Gasteiger partial charge is 0.320 e. The smallest absolute Gasteiger partial charge is 0.292 e. The molecule has 0 bridgehead atoms. The number of para-hydroxylation sites is 2. The highest BCUT2D eigenvalue weighted by Gasteiger charge is 2.15. The second-order valence-electron chi connectivity index (χ2n) is 3.66. The summed E-state index contributed by atoms with van der Waals surface area (Å²) in [4.78, 5) is 26.4. The third-order valence-corrected chi connectivity index (χ3v) is 4.77. The number of anilines is 1.